The second kappa shape index (κ2) is 7.42. The lowest BCUT2D eigenvalue weighted by molar-refractivity contribution is 0.0787. The molecule has 23 heavy (non-hydrogen) atoms. The van der Waals surface area contributed by atoms with Crippen molar-refractivity contribution >= 4 is 17.7 Å². The van der Waals surface area contributed by atoms with Crippen LogP contribution in [0, 0.1) is 0 Å². The van der Waals surface area contributed by atoms with Gasteiger partial charge in [0, 0.05) is 4.90 Å². The zero-order chi connectivity index (χ0) is 16.1. The van der Waals surface area contributed by atoms with E-state index in [1.54, 1.807) is 11.8 Å². The molecule has 2 aromatic rings. The van der Waals surface area contributed by atoms with Crippen molar-refractivity contribution in [2.75, 3.05) is 18.9 Å². The molecule has 3 rings (SSSR count). The normalized spacial score (nSPS) is 16.0. The maximum atomic E-state index is 12.4. The number of thioether (sulfide) groups is 1. The van der Waals surface area contributed by atoms with Gasteiger partial charge >= 0.3 is 0 Å². The van der Waals surface area contributed by atoms with Gasteiger partial charge in [-0.25, -0.2) is 0 Å². The SMILES string of the molecule is CCSc1ccccc1C(=O)NC[C@H]1COc2ccccc2O1. The number of amides is 1. The molecule has 0 aromatic heterocycles. The van der Waals surface area contributed by atoms with Gasteiger partial charge in [-0.05, 0) is 30.0 Å². The predicted octanol–water partition coefficient (Wildman–Crippen LogP) is 3.37. The third-order valence-electron chi connectivity index (χ3n) is 3.49. The molecule has 4 nitrogen and oxygen atoms in total. The van der Waals surface area contributed by atoms with E-state index in [1.807, 2.05) is 48.5 Å². The molecule has 0 aliphatic carbocycles. The molecule has 1 heterocycles. The molecular formula is C18H19NO3S. The van der Waals surface area contributed by atoms with Crippen LogP contribution in [0.5, 0.6) is 11.5 Å². The zero-order valence-corrected chi connectivity index (χ0v) is 13.8. The third-order valence-corrected chi connectivity index (χ3v) is 4.45. The molecule has 2 aromatic carbocycles. The third kappa shape index (κ3) is 3.79. The van der Waals surface area contributed by atoms with Crippen LogP contribution in [-0.2, 0) is 0 Å². The summed E-state index contributed by atoms with van der Waals surface area (Å²) in [5, 5.41) is 2.94. The lowest BCUT2D eigenvalue weighted by atomic mass is 10.2. The largest absolute Gasteiger partial charge is 0.486 e. The zero-order valence-electron chi connectivity index (χ0n) is 13.0. The molecular weight excluding hydrogens is 310 g/mol. The van der Waals surface area contributed by atoms with Crippen molar-refractivity contribution in [2.24, 2.45) is 0 Å². The average molecular weight is 329 g/mol. The van der Waals surface area contributed by atoms with Crippen molar-refractivity contribution in [1.29, 1.82) is 0 Å². The van der Waals surface area contributed by atoms with Gasteiger partial charge in [-0.15, -0.1) is 11.8 Å². The summed E-state index contributed by atoms with van der Waals surface area (Å²) in [6.07, 6.45) is -0.181. The first-order valence-electron chi connectivity index (χ1n) is 7.66. The summed E-state index contributed by atoms with van der Waals surface area (Å²) in [5.41, 5.74) is 0.705. The van der Waals surface area contributed by atoms with Gasteiger partial charge in [-0.2, -0.15) is 0 Å². The van der Waals surface area contributed by atoms with E-state index in [4.69, 9.17) is 9.47 Å². The minimum Gasteiger partial charge on any atom is -0.486 e. The van der Waals surface area contributed by atoms with Crippen LogP contribution in [0.2, 0.25) is 0 Å². The summed E-state index contributed by atoms with van der Waals surface area (Å²) < 4.78 is 11.5. The number of carbonyl (C=O) groups excluding carboxylic acids is 1. The summed E-state index contributed by atoms with van der Waals surface area (Å²) in [7, 11) is 0. The van der Waals surface area contributed by atoms with Gasteiger partial charge in [0.15, 0.2) is 11.5 Å². The number of nitrogens with one attached hydrogen (secondary N) is 1. The van der Waals surface area contributed by atoms with Gasteiger partial charge < -0.3 is 14.8 Å². The van der Waals surface area contributed by atoms with Crippen LogP contribution in [0.3, 0.4) is 0 Å². The highest BCUT2D eigenvalue weighted by atomic mass is 32.2. The molecule has 1 aliphatic rings. The van der Waals surface area contributed by atoms with Crippen molar-refractivity contribution in [3.05, 3.63) is 54.1 Å². The number of hydrogen-bond donors (Lipinski definition) is 1. The first-order chi connectivity index (χ1) is 11.3. The lowest BCUT2D eigenvalue weighted by Gasteiger charge is -2.26. The second-order valence-electron chi connectivity index (χ2n) is 5.14. The van der Waals surface area contributed by atoms with E-state index in [0.717, 1.165) is 22.1 Å². The Labute approximate surface area is 140 Å². The van der Waals surface area contributed by atoms with Crippen LogP contribution >= 0.6 is 11.8 Å². The fourth-order valence-corrected chi connectivity index (χ4v) is 3.20. The molecule has 0 saturated heterocycles. The summed E-state index contributed by atoms with van der Waals surface area (Å²) in [5.74, 6) is 2.32. The molecule has 0 radical (unpaired) electrons. The quantitative estimate of drug-likeness (QED) is 0.855. The molecule has 0 fully saturated rings. The van der Waals surface area contributed by atoms with Gasteiger partial charge in [0.1, 0.15) is 12.7 Å². The van der Waals surface area contributed by atoms with Gasteiger partial charge in [0.2, 0.25) is 0 Å². The molecule has 1 aliphatic heterocycles. The topological polar surface area (TPSA) is 47.6 Å². The molecule has 5 heteroatoms. The average Bonchev–Trinajstić information content (AvgIpc) is 2.60. The van der Waals surface area contributed by atoms with Crippen LogP contribution in [0.15, 0.2) is 53.4 Å². The maximum Gasteiger partial charge on any atom is 0.252 e. The highest BCUT2D eigenvalue weighted by molar-refractivity contribution is 7.99. The minimum atomic E-state index is -0.181. The fourth-order valence-electron chi connectivity index (χ4n) is 2.40. The Morgan fingerprint density at radius 3 is 2.74 bits per heavy atom. The Hall–Kier alpha value is -2.14. The Morgan fingerprint density at radius 2 is 1.91 bits per heavy atom. The van der Waals surface area contributed by atoms with Crippen LogP contribution in [0.25, 0.3) is 0 Å². The van der Waals surface area contributed by atoms with Crippen LogP contribution in [0.1, 0.15) is 17.3 Å². The van der Waals surface area contributed by atoms with E-state index in [0.29, 0.717) is 18.7 Å². The summed E-state index contributed by atoms with van der Waals surface area (Å²) in [4.78, 5) is 13.4. The monoisotopic (exact) mass is 329 g/mol. The van der Waals surface area contributed by atoms with Crippen molar-refractivity contribution < 1.29 is 14.3 Å². The first kappa shape index (κ1) is 15.7. The minimum absolute atomic E-state index is 0.0796. The Kier molecular flexibility index (Phi) is 5.08. The van der Waals surface area contributed by atoms with Crippen molar-refractivity contribution in [2.45, 2.75) is 17.9 Å². The number of para-hydroxylation sites is 2. The molecule has 0 bridgehead atoms. The number of ether oxygens (including phenoxy) is 2. The smallest absolute Gasteiger partial charge is 0.252 e. The molecule has 0 unspecified atom stereocenters. The van der Waals surface area contributed by atoms with Crippen LogP contribution in [0.4, 0.5) is 0 Å². The Morgan fingerprint density at radius 1 is 1.17 bits per heavy atom. The van der Waals surface area contributed by atoms with Gasteiger partial charge in [-0.3, -0.25) is 4.79 Å². The molecule has 1 amide bonds. The van der Waals surface area contributed by atoms with Crippen LogP contribution < -0.4 is 14.8 Å². The lowest BCUT2D eigenvalue weighted by Crippen LogP contribution is -2.40. The Balaban J connectivity index is 1.60. The van der Waals surface area contributed by atoms with Gasteiger partial charge in [0.05, 0.1) is 12.1 Å². The highest BCUT2D eigenvalue weighted by Gasteiger charge is 2.21. The van der Waals surface area contributed by atoms with E-state index in [1.165, 1.54) is 0 Å². The van der Waals surface area contributed by atoms with E-state index in [9.17, 15) is 4.79 Å². The molecule has 120 valence electrons. The fraction of sp³-hybridized carbons (Fsp3) is 0.278. The first-order valence-corrected chi connectivity index (χ1v) is 8.65. The summed E-state index contributed by atoms with van der Waals surface area (Å²) in [6, 6.07) is 15.2. The van der Waals surface area contributed by atoms with E-state index < -0.39 is 0 Å². The second-order valence-corrected chi connectivity index (χ2v) is 6.44. The highest BCUT2D eigenvalue weighted by Crippen LogP contribution is 2.30. The number of hydrogen-bond acceptors (Lipinski definition) is 4. The number of fused-ring (bicyclic) bond motifs is 1. The van der Waals surface area contributed by atoms with Crippen LogP contribution in [-0.4, -0.2) is 30.9 Å². The number of benzene rings is 2. The molecule has 0 saturated carbocycles. The van der Waals surface area contributed by atoms with E-state index >= 15 is 0 Å². The molecule has 1 N–H and O–H groups in total. The molecule has 0 spiro atoms. The Bertz CT molecular complexity index is 689. The number of carbonyl (C=O) groups is 1. The van der Waals surface area contributed by atoms with Crippen molar-refractivity contribution in [1.82, 2.24) is 5.32 Å². The van der Waals surface area contributed by atoms with E-state index in [2.05, 4.69) is 12.2 Å². The van der Waals surface area contributed by atoms with Gasteiger partial charge in [0.25, 0.3) is 5.91 Å². The molecule has 1 atom stereocenters. The van der Waals surface area contributed by atoms with E-state index in [-0.39, 0.29) is 12.0 Å². The van der Waals surface area contributed by atoms with Crippen molar-refractivity contribution in [3.8, 4) is 11.5 Å². The predicted molar refractivity (Wildman–Crippen MR) is 91.5 cm³/mol. The number of rotatable bonds is 5. The maximum absolute atomic E-state index is 12.4. The van der Waals surface area contributed by atoms with Gasteiger partial charge in [-0.1, -0.05) is 31.2 Å². The standard InChI is InChI=1S/C18H19NO3S/c1-2-23-17-10-6-3-7-14(17)18(20)19-11-13-12-21-15-8-4-5-9-16(15)22-13/h3-10,13H,2,11-12H2,1H3,(H,19,20)/t13-/m0/s1. The summed E-state index contributed by atoms with van der Waals surface area (Å²) >= 11 is 1.67. The summed E-state index contributed by atoms with van der Waals surface area (Å²) in [6.45, 7) is 2.92. The van der Waals surface area contributed by atoms with Crippen molar-refractivity contribution in [3.63, 3.8) is 0 Å².